The molecular formula is C20H22N3+. The van der Waals surface area contributed by atoms with Crippen molar-refractivity contribution in [1.82, 2.24) is 9.55 Å². The van der Waals surface area contributed by atoms with Crippen LogP contribution in [0.4, 0.5) is 0 Å². The van der Waals surface area contributed by atoms with Crippen LogP contribution in [-0.2, 0) is 13.5 Å². The Kier molecular flexibility index (Phi) is 2.95. The summed E-state index contributed by atoms with van der Waals surface area (Å²) in [6.07, 6.45) is 7.48. The topological polar surface area (TPSA) is 21.7 Å². The van der Waals surface area contributed by atoms with E-state index in [0.29, 0.717) is 0 Å². The molecule has 0 atom stereocenters. The fourth-order valence-corrected chi connectivity index (χ4v) is 3.67. The van der Waals surface area contributed by atoms with Gasteiger partial charge >= 0.3 is 0 Å². The molecule has 0 saturated heterocycles. The number of nitrogens with zero attached hydrogens (tertiary/aromatic N) is 3. The summed E-state index contributed by atoms with van der Waals surface area (Å²) in [7, 11) is 2.13. The average molecular weight is 304 g/mol. The van der Waals surface area contributed by atoms with Gasteiger partial charge in [0.2, 0.25) is 5.69 Å². The number of imidazole rings is 1. The highest BCUT2D eigenvalue weighted by Crippen LogP contribution is 2.35. The molecule has 0 saturated carbocycles. The summed E-state index contributed by atoms with van der Waals surface area (Å²) in [6, 6.07) is 4.56. The van der Waals surface area contributed by atoms with Crippen LogP contribution in [-0.4, -0.2) is 9.55 Å². The summed E-state index contributed by atoms with van der Waals surface area (Å²) in [5.41, 5.74) is 10.1. The zero-order valence-corrected chi connectivity index (χ0v) is 14.4. The van der Waals surface area contributed by atoms with Gasteiger partial charge in [-0.2, -0.15) is 0 Å². The van der Waals surface area contributed by atoms with Crippen LogP contribution in [0.25, 0.3) is 28.5 Å². The van der Waals surface area contributed by atoms with Gasteiger partial charge in [0, 0.05) is 24.3 Å². The maximum absolute atomic E-state index is 4.88. The zero-order chi connectivity index (χ0) is 16.3. The molecular weight excluding hydrogens is 282 g/mol. The smallest absolute Gasteiger partial charge is 0.215 e. The van der Waals surface area contributed by atoms with Gasteiger partial charge in [-0.05, 0) is 44.4 Å². The molecule has 0 aliphatic carbocycles. The van der Waals surface area contributed by atoms with Crippen molar-refractivity contribution in [1.29, 1.82) is 0 Å². The van der Waals surface area contributed by atoms with E-state index in [2.05, 4.69) is 74.5 Å². The number of fused-ring (bicyclic) bond motifs is 3. The Labute approximate surface area is 136 Å². The molecule has 0 bridgehead atoms. The summed E-state index contributed by atoms with van der Waals surface area (Å²) in [5, 5.41) is 0. The molecule has 3 nitrogen and oxygen atoms in total. The van der Waals surface area contributed by atoms with Gasteiger partial charge in [0.25, 0.3) is 0 Å². The number of aromatic nitrogens is 3. The van der Waals surface area contributed by atoms with E-state index in [1.807, 2.05) is 0 Å². The van der Waals surface area contributed by atoms with Gasteiger partial charge in [-0.25, -0.2) is 9.55 Å². The van der Waals surface area contributed by atoms with E-state index >= 15 is 0 Å². The lowest BCUT2D eigenvalue weighted by Crippen LogP contribution is -2.31. The fourth-order valence-electron chi connectivity index (χ4n) is 3.67. The maximum atomic E-state index is 4.88. The molecule has 3 aromatic rings. The van der Waals surface area contributed by atoms with E-state index in [9.17, 15) is 0 Å². The maximum Gasteiger partial charge on any atom is 0.215 e. The highest BCUT2D eigenvalue weighted by atomic mass is 15.1. The fraction of sp³-hybridized carbons (Fsp3) is 0.300. The van der Waals surface area contributed by atoms with Crippen LogP contribution in [0, 0.1) is 27.7 Å². The standard InChI is InChI=1S/C20H22N3/c1-12-10-16(22(5)11-15(12)4)18-13(2)9-14(3)19-20(18)23-8-6-7-17(23)21-19/h6,8-11H,7H2,1-5H3/q+1. The third kappa shape index (κ3) is 1.96. The molecule has 1 aromatic carbocycles. The lowest BCUT2D eigenvalue weighted by Gasteiger charge is -2.11. The van der Waals surface area contributed by atoms with Crippen LogP contribution in [0.3, 0.4) is 0 Å². The van der Waals surface area contributed by atoms with Gasteiger partial charge in [0.15, 0.2) is 6.20 Å². The minimum Gasteiger partial charge on any atom is -0.302 e. The second-order valence-electron chi connectivity index (χ2n) is 6.71. The number of hydrogen-bond donors (Lipinski definition) is 0. The molecule has 1 aliphatic rings. The highest BCUT2D eigenvalue weighted by molar-refractivity contribution is 5.96. The normalized spacial score (nSPS) is 13.1. The van der Waals surface area contributed by atoms with Gasteiger partial charge in [-0.3, -0.25) is 0 Å². The number of rotatable bonds is 1. The lowest BCUT2D eigenvalue weighted by molar-refractivity contribution is -0.660. The van der Waals surface area contributed by atoms with Gasteiger partial charge in [-0.1, -0.05) is 12.1 Å². The van der Waals surface area contributed by atoms with Crippen molar-refractivity contribution in [3.63, 3.8) is 0 Å². The summed E-state index contributed by atoms with van der Waals surface area (Å²) < 4.78 is 4.50. The number of aryl methyl sites for hydroxylation is 5. The van der Waals surface area contributed by atoms with Crippen molar-refractivity contribution in [2.75, 3.05) is 0 Å². The Bertz CT molecular complexity index is 990. The molecule has 0 N–H and O–H groups in total. The molecule has 3 heteroatoms. The largest absolute Gasteiger partial charge is 0.302 e. The van der Waals surface area contributed by atoms with Gasteiger partial charge in [0.1, 0.15) is 12.9 Å². The Balaban J connectivity index is 2.16. The highest BCUT2D eigenvalue weighted by Gasteiger charge is 2.24. The molecule has 23 heavy (non-hydrogen) atoms. The lowest BCUT2D eigenvalue weighted by atomic mass is 9.98. The predicted octanol–water partition coefficient (Wildman–Crippen LogP) is 3.79. The van der Waals surface area contributed by atoms with E-state index < -0.39 is 0 Å². The van der Waals surface area contributed by atoms with Crippen molar-refractivity contribution >= 4 is 17.2 Å². The van der Waals surface area contributed by atoms with E-state index in [4.69, 9.17) is 4.98 Å². The van der Waals surface area contributed by atoms with Gasteiger partial charge in [-0.15, -0.1) is 0 Å². The summed E-state index contributed by atoms with van der Waals surface area (Å²) in [6.45, 7) is 8.71. The van der Waals surface area contributed by atoms with Crippen molar-refractivity contribution in [3.05, 3.63) is 52.5 Å². The minimum absolute atomic E-state index is 0.922. The van der Waals surface area contributed by atoms with Crippen molar-refractivity contribution in [3.8, 4) is 11.3 Å². The Hall–Kier alpha value is -2.42. The molecule has 0 fully saturated rings. The molecule has 1 aliphatic heterocycles. The van der Waals surface area contributed by atoms with Crippen molar-refractivity contribution < 1.29 is 4.57 Å². The quantitative estimate of drug-likeness (QED) is 0.627. The predicted molar refractivity (Wildman–Crippen MR) is 94.3 cm³/mol. The van der Waals surface area contributed by atoms with Crippen molar-refractivity contribution in [2.24, 2.45) is 7.05 Å². The first kappa shape index (κ1) is 14.2. The molecule has 0 radical (unpaired) electrons. The number of pyridine rings is 1. The summed E-state index contributed by atoms with van der Waals surface area (Å²) >= 11 is 0. The van der Waals surface area contributed by atoms with Gasteiger partial charge in [0.05, 0.1) is 16.6 Å². The molecule has 0 spiro atoms. The van der Waals surface area contributed by atoms with Gasteiger partial charge < -0.3 is 4.57 Å². The first-order valence-electron chi connectivity index (χ1n) is 8.12. The molecule has 3 heterocycles. The average Bonchev–Trinajstić information content (AvgIpc) is 3.06. The second-order valence-corrected chi connectivity index (χ2v) is 6.71. The zero-order valence-electron chi connectivity index (χ0n) is 14.4. The second kappa shape index (κ2) is 4.79. The number of allylic oxidation sites excluding steroid dienone is 1. The first-order chi connectivity index (χ1) is 11.0. The Morgan fingerprint density at radius 2 is 1.78 bits per heavy atom. The third-order valence-corrected chi connectivity index (χ3v) is 4.98. The molecule has 2 aromatic heterocycles. The van der Waals surface area contributed by atoms with Crippen LogP contribution in [0.5, 0.6) is 0 Å². The van der Waals surface area contributed by atoms with Crippen LogP contribution in [0.15, 0.2) is 24.4 Å². The molecule has 0 unspecified atom stereocenters. The first-order valence-corrected chi connectivity index (χ1v) is 8.12. The molecule has 0 amide bonds. The van der Waals surface area contributed by atoms with Crippen LogP contribution >= 0.6 is 0 Å². The van der Waals surface area contributed by atoms with Crippen LogP contribution < -0.4 is 4.57 Å². The third-order valence-electron chi connectivity index (χ3n) is 4.98. The number of benzene rings is 1. The molecule has 4 rings (SSSR count). The minimum atomic E-state index is 0.922. The van der Waals surface area contributed by atoms with Crippen LogP contribution in [0.2, 0.25) is 0 Å². The van der Waals surface area contributed by atoms with Crippen LogP contribution in [0.1, 0.15) is 28.1 Å². The summed E-state index contributed by atoms with van der Waals surface area (Å²) in [4.78, 5) is 4.88. The SMILES string of the molecule is Cc1cc(-c2c(C)cc(C)c3nc4n(c23)C=CC4)[n+](C)cc1C. The van der Waals surface area contributed by atoms with E-state index in [1.54, 1.807) is 0 Å². The number of hydrogen-bond acceptors (Lipinski definition) is 1. The van der Waals surface area contributed by atoms with Crippen molar-refractivity contribution in [2.45, 2.75) is 34.1 Å². The monoisotopic (exact) mass is 304 g/mol. The van der Waals surface area contributed by atoms with E-state index in [1.165, 1.54) is 39.0 Å². The Morgan fingerprint density at radius 1 is 1.00 bits per heavy atom. The van der Waals surface area contributed by atoms with E-state index in [-0.39, 0.29) is 0 Å². The Morgan fingerprint density at radius 3 is 2.57 bits per heavy atom. The van der Waals surface area contributed by atoms with E-state index in [0.717, 1.165) is 17.8 Å². The molecule has 116 valence electrons. The summed E-state index contributed by atoms with van der Waals surface area (Å²) in [5.74, 6) is 1.14.